The predicted molar refractivity (Wildman–Crippen MR) is 2.50 cm³/mol. The van der Waals surface area contributed by atoms with Gasteiger partial charge in [-0.25, -0.2) is 0 Å². The van der Waals surface area contributed by atoms with Crippen LogP contribution in [0.25, 0.3) is 0 Å². The Morgan fingerprint density at radius 1 is 0.667 bits per heavy atom. The summed E-state index contributed by atoms with van der Waals surface area (Å²) in [5.41, 5.74) is 0. The van der Waals surface area contributed by atoms with Gasteiger partial charge >= 0.3 is 90.0 Å². The van der Waals surface area contributed by atoms with Crippen molar-refractivity contribution in [3.63, 3.8) is 0 Å². The van der Waals surface area contributed by atoms with Gasteiger partial charge in [0.05, 0.1) is 0 Å². The topological polar surface area (TPSA) is 0 Å². The minimum absolute atomic E-state index is 0. The first kappa shape index (κ1) is 72.3. The third kappa shape index (κ3) is 30.3. The summed E-state index contributed by atoms with van der Waals surface area (Å²) in [6.07, 6.45) is 0. The molecule has 0 saturated heterocycles. The van der Waals surface area contributed by atoms with Crippen LogP contribution in [0.2, 0.25) is 0 Å². The zero-order chi connectivity index (χ0) is 0. The molecular weight excluding hydrogens is 274 g/mol. The van der Waals surface area contributed by atoms with Gasteiger partial charge in [-0.1, -0.05) is 0 Å². The molecule has 6 heavy (non-hydrogen) atoms. The molecule has 0 aromatic carbocycles. The molecule has 38 valence electrons. The average molecular weight is 275 g/mol. The standard InChI is InChI=1S/4FH.K.Tb/h4*1H;;/q;;;;+1;+3/p-3. The molecule has 0 aromatic heterocycles. The Morgan fingerprint density at radius 3 is 0.667 bits per heavy atom. The normalized spacial score (nSPS) is 0. The molecule has 0 nitrogen and oxygen atoms in total. The maximum atomic E-state index is 0. The van der Waals surface area contributed by atoms with Gasteiger partial charge in [0.25, 0.3) is 0 Å². The third-order valence-corrected chi connectivity index (χ3v) is 0. The Hall–Kier alpha value is 2.64. The van der Waals surface area contributed by atoms with Crippen molar-refractivity contribution in [3.8, 4) is 0 Å². The Labute approximate surface area is 106 Å². The van der Waals surface area contributed by atoms with Crippen molar-refractivity contribution >= 4 is 0 Å². The van der Waals surface area contributed by atoms with Crippen LogP contribution in [0, 0.1) is 38.6 Å². The van der Waals surface area contributed by atoms with Crippen molar-refractivity contribution in [1.82, 2.24) is 0 Å². The van der Waals surface area contributed by atoms with Gasteiger partial charge in [0.15, 0.2) is 0 Å². The second-order valence-electron chi connectivity index (χ2n) is 0. The van der Waals surface area contributed by atoms with E-state index in [4.69, 9.17) is 0 Å². The van der Waals surface area contributed by atoms with Crippen LogP contribution in [-0.4, -0.2) is 0 Å². The number of halogens is 4. The van der Waals surface area contributed by atoms with Gasteiger partial charge in [0.2, 0.25) is 0 Å². The number of hydrogen-bond donors (Lipinski definition) is 0. The molecule has 0 amide bonds. The molecule has 0 fully saturated rings. The third-order valence-electron chi connectivity index (χ3n) is 0. The molecule has 0 radical (unpaired) electrons. The summed E-state index contributed by atoms with van der Waals surface area (Å²) in [5.74, 6) is 0. The summed E-state index contributed by atoms with van der Waals surface area (Å²) < 4.78 is 0. The Balaban J connectivity index is 0. The minimum Gasteiger partial charge on any atom is -1.00 e. The molecule has 0 aliphatic rings. The fourth-order valence-electron chi connectivity index (χ4n) is 0. The first-order valence-corrected chi connectivity index (χ1v) is 0. The van der Waals surface area contributed by atoms with Gasteiger partial charge in [0.1, 0.15) is 0 Å². The van der Waals surface area contributed by atoms with E-state index in [0.717, 1.165) is 0 Å². The maximum absolute atomic E-state index is 0. The quantitative estimate of drug-likeness (QED) is 0.304. The molecule has 0 bridgehead atoms. The van der Waals surface area contributed by atoms with Gasteiger partial charge in [-0.05, 0) is 0 Å². The molecule has 0 spiro atoms. The second kappa shape index (κ2) is 48.3. The Morgan fingerprint density at radius 2 is 0.667 bits per heavy atom. The van der Waals surface area contributed by atoms with Crippen LogP contribution in [0.1, 0.15) is 0 Å². The van der Waals surface area contributed by atoms with E-state index in [-0.39, 0.29) is 109 Å². The molecule has 0 aromatic rings. The van der Waals surface area contributed by atoms with Crippen LogP contribution in [-0.2, 0) is 0 Å². The van der Waals surface area contributed by atoms with E-state index >= 15 is 0 Å². The maximum Gasteiger partial charge on any atom is 3.00 e. The first-order chi connectivity index (χ1) is 0. The number of rotatable bonds is 0. The van der Waals surface area contributed by atoms with E-state index in [1.54, 1.807) is 0 Å². The smallest absolute Gasteiger partial charge is 1.00 e. The summed E-state index contributed by atoms with van der Waals surface area (Å²) in [6.45, 7) is 0. The fraction of sp³-hybridized carbons (Fsp3) is 0. The minimum atomic E-state index is 0. The fourth-order valence-corrected chi connectivity index (χ4v) is 0. The molecule has 0 saturated carbocycles. The molecule has 6 heteroatoms. The molecule has 0 aliphatic carbocycles. The zero-order valence-electron chi connectivity index (χ0n) is 2.88. The van der Waals surface area contributed by atoms with Crippen LogP contribution < -0.4 is 65.5 Å². The molecule has 0 aliphatic heterocycles. The van der Waals surface area contributed by atoms with Crippen LogP contribution in [0.5, 0.6) is 0 Å². The van der Waals surface area contributed by atoms with Crippen molar-refractivity contribution in [3.05, 3.63) is 0 Å². The van der Waals surface area contributed by atoms with E-state index in [9.17, 15) is 0 Å². The van der Waals surface area contributed by atoms with Gasteiger partial charge in [-0.2, -0.15) is 0 Å². The molecule has 0 unspecified atom stereocenters. The summed E-state index contributed by atoms with van der Waals surface area (Å²) >= 11 is 0. The van der Waals surface area contributed by atoms with Crippen LogP contribution in [0.3, 0.4) is 0 Å². The number of hydrogen-bond acceptors (Lipinski definition) is 0. The molecular formula is HF4KTb+. The Bertz CT molecular complexity index is 7.51. The monoisotopic (exact) mass is 275 g/mol. The molecule has 0 atom stereocenters. The van der Waals surface area contributed by atoms with E-state index in [2.05, 4.69) is 0 Å². The van der Waals surface area contributed by atoms with E-state index in [0.29, 0.717) is 0 Å². The van der Waals surface area contributed by atoms with Gasteiger partial charge in [0, 0.05) is 0 Å². The van der Waals surface area contributed by atoms with Crippen molar-refractivity contribution in [2.24, 2.45) is 0 Å². The Kier molecular flexibility index (Phi) is 582. The summed E-state index contributed by atoms with van der Waals surface area (Å²) in [5, 5.41) is 0. The molecule has 0 rings (SSSR count). The summed E-state index contributed by atoms with van der Waals surface area (Å²) in [6, 6.07) is 0. The summed E-state index contributed by atoms with van der Waals surface area (Å²) in [4.78, 5) is 0. The van der Waals surface area contributed by atoms with E-state index in [1.807, 2.05) is 0 Å². The van der Waals surface area contributed by atoms with Crippen molar-refractivity contribution in [1.29, 1.82) is 0 Å². The van der Waals surface area contributed by atoms with Crippen molar-refractivity contribution in [2.75, 3.05) is 0 Å². The average Bonchev–Trinajstić information content (AvgIpc) is 0. The molecule has 0 heterocycles. The first-order valence-electron chi connectivity index (χ1n) is 0. The van der Waals surface area contributed by atoms with Crippen LogP contribution >= 0.6 is 0 Å². The SMILES string of the molecule is F.[F-].[F-].[F-].[K+].[Tb+3]. The van der Waals surface area contributed by atoms with Crippen LogP contribution in [0.4, 0.5) is 4.70 Å². The van der Waals surface area contributed by atoms with Gasteiger partial charge in [-0.15, -0.1) is 0 Å². The van der Waals surface area contributed by atoms with E-state index < -0.39 is 0 Å². The van der Waals surface area contributed by atoms with Crippen LogP contribution in [0.15, 0.2) is 0 Å². The summed E-state index contributed by atoms with van der Waals surface area (Å²) in [7, 11) is 0. The zero-order valence-corrected chi connectivity index (χ0v) is 8.14. The molecule has 0 N–H and O–H groups in total. The van der Waals surface area contributed by atoms with Crippen molar-refractivity contribution < 1.29 is 109 Å². The van der Waals surface area contributed by atoms with Gasteiger partial charge in [-0.3, -0.25) is 4.70 Å². The van der Waals surface area contributed by atoms with Gasteiger partial charge < -0.3 is 14.1 Å². The van der Waals surface area contributed by atoms with E-state index in [1.165, 1.54) is 0 Å². The predicted octanol–water partition coefficient (Wildman–Crippen LogP) is -11.8. The largest absolute Gasteiger partial charge is 3.00 e. The second-order valence-corrected chi connectivity index (χ2v) is 0. The van der Waals surface area contributed by atoms with Crippen molar-refractivity contribution in [2.45, 2.75) is 0 Å².